The molecule has 0 aliphatic rings. The van der Waals surface area contributed by atoms with Crippen molar-refractivity contribution in [2.75, 3.05) is 0 Å². The van der Waals surface area contributed by atoms with Crippen LogP contribution in [0.2, 0.25) is 0 Å². The minimum Gasteiger partial charge on any atom is -0.347 e. The summed E-state index contributed by atoms with van der Waals surface area (Å²) < 4.78 is 1.91. The predicted molar refractivity (Wildman–Crippen MR) is 80.2 cm³/mol. The molecule has 0 aliphatic carbocycles. The van der Waals surface area contributed by atoms with E-state index in [1.165, 1.54) is 0 Å². The number of nitrogens with one attached hydrogen (secondary N) is 1. The van der Waals surface area contributed by atoms with Crippen molar-refractivity contribution < 1.29 is 4.79 Å². The Morgan fingerprint density at radius 1 is 1.38 bits per heavy atom. The second kappa shape index (κ2) is 6.05. The number of carbonyl (C=O) groups is 1. The zero-order valence-corrected chi connectivity index (χ0v) is 12.6. The first-order valence-corrected chi connectivity index (χ1v) is 6.94. The Bertz CT molecular complexity index is 604. The quantitative estimate of drug-likeness (QED) is 0.869. The van der Waals surface area contributed by atoms with Crippen LogP contribution in [0.5, 0.6) is 0 Å². The molecule has 2 rings (SSSR count). The van der Waals surface area contributed by atoms with Crippen LogP contribution in [-0.4, -0.2) is 20.7 Å². The molecular weight excluding hydrogens is 266 g/mol. The van der Waals surface area contributed by atoms with Crippen LogP contribution >= 0.6 is 0 Å². The van der Waals surface area contributed by atoms with Gasteiger partial charge in [-0.2, -0.15) is 0 Å². The molecule has 1 unspecified atom stereocenters. The topological polar surface area (TPSA) is 85.8 Å². The summed E-state index contributed by atoms with van der Waals surface area (Å²) >= 11 is 0. The molecule has 6 heteroatoms. The van der Waals surface area contributed by atoms with Crippen LogP contribution in [0, 0.1) is 0 Å². The second-order valence-corrected chi connectivity index (χ2v) is 5.50. The maximum atomic E-state index is 12.3. The molecule has 0 radical (unpaired) electrons. The van der Waals surface area contributed by atoms with Crippen molar-refractivity contribution in [2.24, 2.45) is 5.73 Å². The van der Waals surface area contributed by atoms with Crippen molar-refractivity contribution in [3.8, 4) is 0 Å². The first-order chi connectivity index (χ1) is 9.93. The fraction of sp³-hybridized carbons (Fsp3) is 0.400. The fourth-order valence-corrected chi connectivity index (χ4v) is 2.08. The van der Waals surface area contributed by atoms with E-state index in [4.69, 9.17) is 5.73 Å². The van der Waals surface area contributed by atoms with Gasteiger partial charge in [-0.3, -0.25) is 4.79 Å². The van der Waals surface area contributed by atoms with Gasteiger partial charge in [-0.05, 0) is 26.3 Å². The van der Waals surface area contributed by atoms with Crippen LogP contribution in [0.4, 0.5) is 0 Å². The molecule has 0 saturated carbocycles. The first kappa shape index (κ1) is 15.2. The van der Waals surface area contributed by atoms with E-state index in [2.05, 4.69) is 15.5 Å². The molecule has 1 aromatic carbocycles. The van der Waals surface area contributed by atoms with Gasteiger partial charge in [0.05, 0.1) is 6.54 Å². The summed E-state index contributed by atoms with van der Waals surface area (Å²) in [5, 5.41) is 10.7. The molecule has 0 spiro atoms. The molecule has 0 saturated heterocycles. The summed E-state index contributed by atoms with van der Waals surface area (Å²) in [6, 6.07) is 9.55. The molecule has 0 bridgehead atoms. The van der Waals surface area contributed by atoms with Crippen molar-refractivity contribution in [1.29, 1.82) is 0 Å². The molecule has 0 aliphatic heterocycles. The van der Waals surface area contributed by atoms with Crippen molar-refractivity contribution in [3.05, 3.63) is 48.0 Å². The van der Waals surface area contributed by atoms with Crippen LogP contribution in [0.15, 0.2) is 36.7 Å². The number of hydrogen-bond acceptors (Lipinski definition) is 4. The summed E-state index contributed by atoms with van der Waals surface area (Å²) in [4.78, 5) is 12.3. The summed E-state index contributed by atoms with van der Waals surface area (Å²) in [5.74, 6) is 0.467. The highest BCUT2D eigenvalue weighted by Gasteiger charge is 2.30. The van der Waals surface area contributed by atoms with Gasteiger partial charge in [-0.25, -0.2) is 0 Å². The Hall–Kier alpha value is -2.21. The minimum atomic E-state index is -1.08. The van der Waals surface area contributed by atoms with Gasteiger partial charge < -0.3 is 15.6 Å². The zero-order valence-electron chi connectivity index (χ0n) is 12.6. The number of rotatable bonds is 5. The van der Waals surface area contributed by atoms with E-state index < -0.39 is 5.54 Å². The summed E-state index contributed by atoms with van der Waals surface area (Å²) in [6.07, 6.45) is 1.66. The predicted octanol–water partition coefficient (Wildman–Crippen LogP) is 1.35. The van der Waals surface area contributed by atoms with Crippen LogP contribution < -0.4 is 11.1 Å². The summed E-state index contributed by atoms with van der Waals surface area (Å²) in [5.41, 5.74) is 5.86. The molecule has 112 valence electrons. The molecule has 21 heavy (non-hydrogen) atoms. The highest BCUT2D eigenvalue weighted by atomic mass is 16.2. The number of amides is 1. The van der Waals surface area contributed by atoms with Crippen LogP contribution in [0.25, 0.3) is 0 Å². The largest absolute Gasteiger partial charge is 0.347 e. The molecule has 1 atom stereocenters. The average molecular weight is 287 g/mol. The number of benzene rings is 1. The van der Waals surface area contributed by atoms with Crippen LogP contribution in [0.1, 0.15) is 38.2 Å². The van der Waals surface area contributed by atoms with Gasteiger partial charge >= 0.3 is 0 Å². The maximum Gasteiger partial charge on any atom is 0.244 e. The molecule has 2 aromatic rings. The lowest BCUT2D eigenvalue weighted by Crippen LogP contribution is -2.48. The summed E-state index contributed by atoms with van der Waals surface area (Å²) in [7, 11) is 0. The van der Waals surface area contributed by atoms with E-state index in [-0.39, 0.29) is 11.9 Å². The molecule has 0 fully saturated rings. The number of hydrogen-bond donors (Lipinski definition) is 2. The van der Waals surface area contributed by atoms with Gasteiger partial charge in [0.15, 0.2) is 5.82 Å². The Kier molecular flexibility index (Phi) is 4.37. The lowest BCUT2D eigenvalue weighted by atomic mass is 9.92. The van der Waals surface area contributed by atoms with Crippen LogP contribution in [0.3, 0.4) is 0 Å². The maximum absolute atomic E-state index is 12.3. The third-order valence-corrected chi connectivity index (χ3v) is 3.46. The van der Waals surface area contributed by atoms with Crippen molar-refractivity contribution in [3.63, 3.8) is 0 Å². The van der Waals surface area contributed by atoms with E-state index in [1.807, 2.05) is 48.7 Å². The fourth-order valence-electron chi connectivity index (χ4n) is 2.08. The Morgan fingerprint density at radius 3 is 2.67 bits per heavy atom. The van der Waals surface area contributed by atoms with Crippen molar-refractivity contribution in [1.82, 2.24) is 20.1 Å². The number of carbonyl (C=O) groups excluding carboxylic acids is 1. The average Bonchev–Trinajstić information content (AvgIpc) is 2.94. The van der Waals surface area contributed by atoms with Gasteiger partial charge in [-0.1, -0.05) is 30.3 Å². The highest BCUT2D eigenvalue weighted by Crippen LogP contribution is 2.17. The van der Waals surface area contributed by atoms with Crippen molar-refractivity contribution >= 4 is 5.91 Å². The smallest absolute Gasteiger partial charge is 0.244 e. The third kappa shape index (κ3) is 3.28. The molecule has 1 amide bonds. The van der Waals surface area contributed by atoms with E-state index in [0.717, 1.165) is 5.56 Å². The van der Waals surface area contributed by atoms with E-state index in [1.54, 1.807) is 13.3 Å². The molecule has 3 N–H and O–H groups in total. The standard InChI is InChI=1S/C15H21N5O/c1-11(2)20-10-18-19-13(20)9-17-14(21)15(3,16)12-7-5-4-6-8-12/h4-8,10-11H,9,16H2,1-3H3,(H,17,21). The molecule has 1 heterocycles. The number of nitrogens with zero attached hydrogens (tertiary/aromatic N) is 3. The molecule has 6 nitrogen and oxygen atoms in total. The van der Waals surface area contributed by atoms with E-state index in [9.17, 15) is 4.79 Å². The van der Waals surface area contributed by atoms with Gasteiger partial charge in [0.1, 0.15) is 11.9 Å². The second-order valence-electron chi connectivity index (χ2n) is 5.50. The van der Waals surface area contributed by atoms with Gasteiger partial charge in [-0.15, -0.1) is 10.2 Å². The highest BCUT2D eigenvalue weighted by molar-refractivity contribution is 5.86. The Morgan fingerprint density at radius 2 is 2.05 bits per heavy atom. The monoisotopic (exact) mass is 287 g/mol. The minimum absolute atomic E-state index is 0.241. The van der Waals surface area contributed by atoms with Crippen LogP contribution in [-0.2, 0) is 16.9 Å². The Balaban J connectivity index is 2.06. The lowest BCUT2D eigenvalue weighted by molar-refractivity contribution is -0.126. The van der Waals surface area contributed by atoms with Gasteiger partial charge in [0.2, 0.25) is 5.91 Å². The third-order valence-electron chi connectivity index (χ3n) is 3.46. The normalized spacial score (nSPS) is 14.0. The van der Waals surface area contributed by atoms with Gasteiger partial charge in [0.25, 0.3) is 0 Å². The van der Waals surface area contributed by atoms with Crippen molar-refractivity contribution in [2.45, 2.75) is 38.9 Å². The number of aromatic nitrogens is 3. The molecular formula is C15H21N5O. The van der Waals surface area contributed by atoms with E-state index in [0.29, 0.717) is 12.4 Å². The number of nitrogens with two attached hydrogens (primary N) is 1. The summed E-state index contributed by atoms with van der Waals surface area (Å²) in [6.45, 7) is 6.07. The SMILES string of the molecule is CC(C)n1cnnc1CNC(=O)C(C)(N)c1ccccc1. The first-order valence-electron chi connectivity index (χ1n) is 6.94. The zero-order chi connectivity index (χ0) is 15.5. The lowest BCUT2D eigenvalue weighted by Gasteiger charge is -2.24. The Labute approximate surface area is 124 Å². The van der Waals surface area contributed by atoms with E-state index >= 15 is 0 Å². The van der Waals surface area contributed by atoms with Gasteiger partial charge in [0, 0.05) is 6.04 Å². The molecule has 1 aromatic heterocycles.